The van der Waals surface area contributed by atoms with Crippen molar-refractivity contribution in [3.63, 3.8) is 0 Å². The Bertz CT molecular complexity index is 567. The number of allylic oxidation sites excluding steroid dienone is 1. The van der Waals surface area contributed by atoms with Crippen LogP contribution in [0.1, 0.15) is 24.8 Å². The van der Waals surface area contributed by atoms with Crippen LogP contribution in [0.2, 0.25) is 0 Å². The van der Waals surface area contributed by atoms with Crippen LogP contribution in [0.4, 0.5) is 0 Å². The van der Waals surface area contributed by atoms with Crippen molar-refractivity contribution in [2.45, 2.75) is 25.3 Å². The first-order chi connectivity index (χ1) is 8.34. The Labute approximate surface area is 101 Å². The van der Waals surface area contributed by atoms with Gasteiger partial charge in [-0.25, -0.2) is 0 Å². The second kappa shape index (κ2) is 4.30. The molecule has 0 fully saturated rings. The fraction of sp³-hybridized carbons (Fsp3) is 0.267. The number of hydrogen-bond acceptors (Lipinski definition) is 2. The van der Waals surface area contributed by atoms with E-state index in [0.717, 1.165) is 19.3 Å². The zero-order valence-corrected chi connectivity index (χ0v) is 9.76. The summed E-state index contributed by atoms with van der Waals surface area (Å²) in [6.07, 6.45) is 9.25. The van der Waals surface area contributed by atoms with Crippen LogP contribution in [0.25, 0.3) is 16.3 Å². The van der Waals surface area contributed by atoms with Crippen LogP contribution in [-0.2, 0) is 0 Å². The Morgan fingerprint density at radius 2 is 2.18 bits per heavy atom. The lowest BCUT2D eigenvalue weighted by Crippen LogP contribution is -2.21. The highest BCUT2D eigenvalue weighted by molar-refractivity contribution is 5.93. The fourth-order valence-corrected chi connectivity index (χ4v) is 2.50. The van der Waals surface area contributed by atoms with Crippen molar-refractivity contribution in [1.29, 1.82) is 0 Å². The molecule has 1 aromatic heterocycles. The maximum Gasteiger partial charge on any atom is 0.0346 e. The number of aromatic nitrogens is 1. The zero-order valence-electron chi connectivity index (χ0n) is 9.76. The topological polar surface area (TPSA) is 38.9 Å². The Morgan fingerprint density at radius 3 is 3.00 bits per heavy atom. The highest BCUT2D eigenvalue weighted by atomic mass is 14.6. The van der Waals surface area contributed by atoms with Crippen molar-refractivity contribution >= 4 is 16.3 Å². The molecule has 1 aliphatic rings. The van der Waals surface area contributed by atoms with Crippen molar-refractivity contribution in [2.24, 2.45) is 5.73 Å². The van der Waals surface area contributed by atoms with Gasteiger partial charge >= 0.3 is 0 Å². The molecular weight excluding hydrogens is 208 g/mol. The number of fused-ring (bicyclic) bond motifs is 1. The molecule has 2 heteroatoms. The van der Waals surface area contributed by atoms with Gasteiger partial charge < -0.3 is 5.73 Å². The summed E-state index contributed by atoms with van der Waals surface area (Å²) in [6.45, 7) is 0. The normalized spacial score (nSPS) is 20.3. The lowest BCUT2D eigenvalue weighted by molar-refractivity contribution is 0.615. The van der Waals surface area contributed by atoms with Crippen molar-refractivity contribution < 1.29 is 0 Å². The molecule has 2 N–H and O–H groups in total. The lowest BCUT2D eigenvalue weighted by atomic mass is 9.89. The summed E-state index contributed by atoms with van der Waals surface area (Å²) in [5, 5.41) is 2.50. The SMILES string of the molecule is NC1CC=C(c2cccc3cnccc23)CC1. The molecule has 1 aliphatic carbocycles. The smallest absolute Gasteiger partial charge is 0.0346 e. The molecule has 86 valence electrons. The molecule has 0 radical (unpaired) electrons. The summed E-state index contributed by atoms with van der Waals surface area (Å²) < 4.78 is 0. The van der Waals surface area contributed by atoms with Crippen molar-refractivity contribution in [1.82, 2.24) is 4.98 Å². The van der Waals surface area contributed by atoms with Crippen molar-refractivity contribution in [3.05, 3.63) is 48.3 Å². The molecular formula is C15H16N2. The van der Waals surface area contributed by atoms with Crippen LogP contribution in [0, 0.1) is 0 Å². The van der Waals surface area contributed by atoms with Gasteiger partial charge in [0.1, 0.15) is 0 Å². The third kappa shape index (κ3) is 1.96. The highest BCUT2D eigenvalue weighted by Crippen LogP contribution is 2.31. The van der Waals surface area contributed by atoms with E-state index in [9.17, 15) is 0 Å². The van der Waals surface area contributed by atoms with Crippen LogP contribution >= 0.6 is 0 Å². The molecule has 0 bridgehead atoms. The van der Waals surface area contributed by atoms with Crippen LogP contribution in [-0.4, -0.2) is 11.0 Å². The van der Waals surface area contributed by atoms with Gasteiger partial charge in [0, 0.05) is 23.8 Å². The number of rotatable bonds is 1. The van der Waals surface area contributed by atoms with Gasteiger partial charge in [-0.1, -0.05) is 24.3 Å². The van der Waals surface area contributed by atoms with Crippen molar-refractivity contribution in [3.8, 4) is 0 Å². The standard InChI is InChI=1S/C15H16N2/c16-13-6-4-11(5-7-13)14-3-1-2-12-10-17-9-8-15(12)14/h1-4,8-10,13H,5-7,16H2. The minimum absolute atomic E-state index is 0.343. The predicted molar refractivity (Wildman–Crippen MR) is 71.5 cm³/mol. The van der Waals surface area contributed by atoms with Gasteiger partial charge in [0.25, 0.3) is 0 Å². The fourth-order valence-electron chi connectivity index (χ4n) is 2.50. The molecule has 0 saturated carbocycles. The van der Waals surface area contributed by atoms with Crippen LogP contribution < -0.4 is 5.73 Å². The quantitative estimate of drug-likeness (QED) is 0.808. The summed E-state index contributed by atoms with van der Waals surface area (Å²) >= 11 is 0. The molecule has 3 rings (SSSR count). The minimum Gasteiger partial charge on any atom is -0.327 e. The van der Waals surface area contributed by atoms with E-state index in [1.165, 1.54) is 21.9 Å². The third-order valence-corrected chi connectivity index (χ3v) is 3.48. The number of nitrogens with zero attached hydrogens (tertiary/aromatic N) is 1. The second-order valence-corrected chi connectivity index (χ2v) is 4.67. The van der Waals surface area contributed by atoms with Gasteiger partial charge in [0.2, 0.25) is 0 Å². The summed E-state index contributed by atoms with van der Waals surface area (Å²) in [5.74, 6) is 0. The average Bonchev–Trinajstić information content (AvgIpc) is 2.39. The van der Waals surface area contributed by atoms with E-state index in [2.05, 4.69) is 35.3 Å². The lowest BCUT2D eigenvalue weighted by Gasteiger charge is -2.19. The zero-order chi connectivity index (χ0) is 11.7. The van der Waals surface area contributed by atoms with Gasteiger partial charge in [-0.15, -0.1) is 0 Å². The number of nitrogens with two attached hydrogens (primary N) is 1. The van der Waals surface area contributed by atoms with Crippen LogP contribution in [0.5, 0.6) is 0 Å². The van der Waals surface area contributed by atoms with Crippen molar-refractivity contribution in [2.75, 3.05) is 0 Å². The number of pyridine rings is 1. The first-order valence-corrected chi connectivity index (χ1v) is 6.12. The van der Waals surface area contributed by atoms with E-state index in [1.807, 2.05) is 12.4 Å². The molecule has 1 atom stereocenters. The summed E-state index contributed by atoms with van der Waals surface area (Å²) in [6, 6.07) is 8.86. The molecule has 0 aliphatic heterocycles. The van der Waals surface area contributed by atoms with Crippen LogP contribution in [0.3, 0.4) is 0 Å². The summed E-state index contributed by atoms with van der Waals surface area (Å²) in [5.41, 5.74) is 8.71. The van der Waals surface area contributed by atoms with E-state index in [-0.39, 0.29) is 0 Å². The molecule has 1 aromatic carbocycles. The largest absolute Gasteiger partial charge is 0.327 e. The van der Waals surface area contributed by atoms with Gasteiger partial charge in [-0.3, -0.25) is 4.98 Å². The Balaban J connectivity index is 2.11. The molecule has 17 heavy (non-hydrogen) atoms. The maximum absolute atomic E-state index is 5.93. The van der Waals surface area contributed by atoms with E-state index in [1.54, 1.807) is 0 Å². The van der Waals surface area contributed by atoms with Gasteiger partial charge in [-0.05, 0) is 41.9 Å². The van der Waals surface area contributed by atoms with E-state index in [0.29, 0.717) is 6.04 Å². The third-order valence-electron chi connectivity index (χ3n) is 3.48. The molecule has 0 amide bonds. The Hall–Kier alpha value is -1.67. The van der Waals surface area contributed by atoms with Crippen LogP contribution in [0.15, 0.2) is 42.7 Å². The minimum atomic E-state index is 0.343. The van der Waals surface area contributed by atoms with E-state index >= 15 is 0 Å². The highest BCUT2D eigenvalue weighted by Gasteiger charge is 2.13. The van der Waals surface area contributed by atoms with E-state index in [4.69, 9.17) is 5.73 Å². The average molecular weight is 224 g/mol. The monoisotopic (exact) mass is 224 g/mol. The molecule has 0 saturated heterocycles. The van der Waals surface area contributed by atoms with E-state index < -0.39 is 0 Å². The van der Waals surface area contributed by atoms with Gasteiger partial charge in [0.05, 0.1) is 0 Å². The number of hydrogen-bond donors (Lipinski definition) is 1. The first kappa shape index (κ1) is 10.5. The molecule has 1 heterocycles. The molecule has 2 nitrogen and oxygen atoms in total. The van der Waals surface area contributed by atoms with Gasteiger partial charge in [-0.2, -0.15) is 0 Å². The van der Waals surface area contributed by atoms with Gasteiger partial charge in [0.15, 0.2) is 0 Å². The molecule has 0 spiro atoms. The second-order valence-electron chi connectivity index (χ2n) is 4.67. The summed E-state index contributed by atoms with van der Waals surface area (Å²) in [7, 11) is 0. The Morgan fingerprint density at radius 1 is 1.24 bits per heavy atom. The Kier molecular flexibility index (Phi) is 2.65. The number of benzene rings is 1. The summed E-state index contributed by atoms with van der Waals surface area (Å²) in [4.78, 5) is 4.17. The first-order valence-electron chi connectivity index (χ1n) is 6.12. The maximum atomic E-state index is 5.93. The predicted octanol–water partition coefficient (Wildman–Crippen LogP) is 3.13. The molecule has 1 unspecified atom stereocenters. The molecule has 2 aromatic rings.